The number of amides is 2. The zero-order chi connectivity index (χ0) is 16.0. The molecule has 0 saturated carbocycles. The van der Waals surface area contributed by atoms with E-state index in [0.717, 1.165) is 0 Å². The Hall–Kier alpha value is -1.76. The van der Waals surface area contributed by atoms with Gasteiger partial charge in [0.2, 0.25) is 5.91 Å². The molecule has 7 heteroatoms. The number of carbonyl (C=O) groups excluding carboxylic acids is 2. The van der Waals surface area contributed by atoms with Crippen LogP contribution in [0.1, 0.15) is 24.2 Å². The number of hydrogen-bond acceptors (Lipinski definition) is 4. The van der Waals surface area contributed by atoms with Crippen LogP contribution in [0, 0.1) is 0 Å². The molecule has 0 aliphatic rings. The van der Waals surface area contributed by atoms with Gasteiger partial charge in [-0.25, -0.2) is 0 Å². The predicted molar refractivity (Wildman–Crippen MR) is 82.9 cm³/mol. The van der Waals surface area contributed by atoms with Gasteiger partial charge in [0.1, 0.15) is 22.0 Å². The third-order valence-corrected chi connectivity index (χ3v) is 3.58. The van der Waals surface area contributed by atoms with E-state index >= 15 is 0 Å². The molecule has 2 amide bonds. The van der Waals surface area contributed by atoms with Gasteiger partial charge in [-0.1, -0.05) is 0 Å². The molecule has 0 bridgehead atoms. The number of ether oxygens (including phenoxy) is 2. The molecule has 0 radical (unpaired) electrons. The summed E-state index contributed by atoms with van der Waals surface area (Å²) in [6, 6.07) is 2.52. The Morgan fingerprint density at radius 1 is 1.24 bits per heavy atom. The average molecular weight is 359 g/mol. The summed E-state index contributed by atoms with van der Waals surface area (Å²) in [6.45, 7) is 3.95. The monoisotopic (exact) mass is 358 g/mol. The summed E-state index contributed by atoms with van der Waals surface area (Å²) >= 11 is 3.33. The number of hydrogen-bond donors (Lipinski definition) is 2. The number of halogens is 1. The summed E-state index contributed by atoms with van der Waals surface area (Å²) < 4.78 is 11.0. The Labute approximate surface area is 132 Å². The van der Waals surface area contributed by atoms with E-state index in [-0.39, 0.29) is 11.8 Å². The zero-order valence-corrected chi connectivity index (χ0v) is 14.0. The number of methoxy groups -OCH3 is 2. The van der Waals surface area contributed by atoms with Crippen LogP contribution >= 0.6 is 15.9 Å². The highest BCUT2D eigenvalue weighted by molar-refractivity contribution is 9.10. The van der Waals surface area contributed by atoms with Gasteiger partial charge < -0.3 is 20.1 Å². The Balaban J connectivity index is 2.95. The van der Waals surface area contributed by atoms with Gasteiger partial charge in [-0.15, -0.1) is 0 Å². The molecule has 0 aliphatic carbocycles. The van der Waals surface area contributed by atoms with Gasteiger partial charge in [-0.3, -0.25) is 9.59 Å². The van der Waals surface area contributed by atoms with Gasteiger partial charge in [0, 0.05) is 12.1 Å². The lowest BCUT2D eigenvalue weighted by molar-refractivity contribution is -0.122. The molecular weight excluding hydrogens is 340 g/mol. The first kappa shape index (κ1) is 17.3. The van der Waals surface area contributed by atoms with Crippen LogP contribution in [0.15, 0.2) is 16.6 Å². The molecule has 21 heavy (non-hydrogen) atoms. The van der Waals surface area contributed by atoms with Gasteiger partial charge in [-0.05, 0) is 41.9 Å². The van der Waals surface area contributed by atoms with E-state index in [4.69, 9.17) is 9.47 Å². The second kappa shape index (κ2) is 7.87. The minimum Gasteiger partial charge on any atom is -0.495 e. The number of nitrogens with one attached hydrogen (secondary N) is 2. The number of likely N-dealkylation sites (N-methyl/N-ethyl adjacent to an activating group) is 1. The fourth-order valence-corrected chi connectivity index (χ4v) is 2.23. The summed E-state index contributed by atoms with van der Waals surface area (Å²) in [5.41, 5.74) is 0.350. The fourth-order valence-electron chi connectivity index (χ4n) is 1.67. The summed E-state index contributed by atoms with van der Waals surface area (Å²) in [5, 5.41) is 5.27. The van der Waals surface area contributed by atoms with Crippen LogP contribution in [0.3, 0.4) is 0 Å². The molecule has 0 aromatic heterocycles. The topological polar surface area (TPSA) is 76.7 Å². The van der Waals surface area contributed by atoms with Crippen molar-refractivity contribution in [2.24, 2.45) is 0 Å². The second-order valence-electron chi connectivity index (χ2n) is 4.28. The lowest BCUT2D eigenvalue weighted by Crippen LogP contribution is -2.44. The van der Waals surface area contributed by atoms with Gasteiger partial charge in [0.15, 0.2) is 0 Å². The van der Waals surface area contributed by atoms with E-state index in [1.54, 1.807) is 19.1 Å². The van der Waals surface area contributed by atoms with Crippen molar-refractivity contribution in [3.8, 4) is 11.5 Å². The number of rotatable bonds is 6. The lowest BCUT2D eigenvalue weighted by atomic mass is 10.1. The van der Waals surface area contributed by atoms with Crippen LogP contribution in [0.25, 0.3) is 0 Å². The highest BCUT2D eigenvalue weighted by Gasteiger charge is 2.18. The number of benzene rings is 1. The van der Waals surface area contributed by atoms with Crippen molar-refractivity contribution in [2.45, 2.75) is 19.9 Å². The maximum atomic E-state index is 12.2. The molecule has 6 nitrogen and oxygen atoms in total. The quantitative estimate of drug-likeness (QED) is 0.811. The van der Waals surface area contributed by atoms with Crippen molar-refractivity contribution < 1.29 is 19.1 Å². The normalized spacial score (nSPS) is 11.5. The van der Waals surface area contributed by atoms with Crippen molar-refractivity contribution in [1.29, 1.82) is 0 Å². The molecule has 0 heterocycles. The van der Waals surface area contributed by atoms with Crippen molar-refractivity contribution >= 4 is 27.7 Å². The van der Waals surface area contributed by atoms with Gasteiger partial charge in [-0.2, -0.15) is 0 Å². The Kier molecular flexibility index (Phi) is 6.48. The summed E-state index contributed by atoms with van der Waals surface area (Å²) in [5.74, 6) is 0.343. The third kappa shape index (κ3) is 4.35. The van der Waals surface area contributed by atoms with Gasteiger partial charge >= 0.3 is 0 Å². The van der Waals surface area contributed by atoms with Crippen molar-refractivity contribution in [3.63, 3.8) is 0 Å². The van der Waals surface area contributed by atoms with Crippen LogP contribution in [-0.4, -0.2) is 38.6 Å². The Bertz CT molecular complexity index is 509. The van der Waals surface area contributed by atoms with Crippen LogP contribution in [-0.2, 0) is 4.79 Å². The SMILES string of the molecule is CCNC(=O)[C@H](C)NC(=O)c1cc(OC)c(Br)c(OC)c1. The molecule has 1 rings (SSSR count). The zero-order valence-electron chi connectivity index (χ0n) is 12.5. The summed E-state index contributed by atoms with van der Waals surface area (Å²) in [6.07, 6.45) is 0. The average Bonchev–Trinajstić information content (AvgIpc) is 2.47. The number of carbonyl (C=O) groups is 2. The maximum Gasteiger partial charge on any atom is 0.252 e. The minimum absolute atomic E-state index is 0.234. The predicted octanol–water partition coefficient (Wildman–Crippen LogP) is 1.72. The first-order valence-corrected chi connectivity index (χ1v) is 7.24. The van der Waals surface area contributed by atoms with Crippen molar-refractivity contribution in [1.82, 2.24) is 10.6 Å². The molecule has 0 aliphatic heterocycles. The molecule has 116 valence electrons. The minimum atomic E-state index is -0.627. The molecule has 1 aromatic carbocycles. The first-order chi connectivity index (χ1) is 9.94. The largest absolute Gasteiger partial charge is 0.495 e. The van der Waals surface area contributed by atoms with Gasteiger partial charge in [0.25, 0.3) is 5.91 Å². The van der Waals surface area contributed by atoms with Crippen molar-refractivity contribution in [2.75, 3.05) is 20.8 Å². The molecule has 0 unspecified atom stereocenters. The third-order valence-electron chi connectivity index (χ3n) is 2.80. The molecule has 1 aromatic rings. The summed E-state index contributed by atoms with van der Waals surface area (Å²) in [7, 11) is 3.00. The summed E-state index contributed by atoms with van der Waals surface area (Å²) in [4.78, 5) is 23.8. The standard InChI is InChI=1S/C14H19BrN2O4/c1-5-16-13(18)8(2)17-14(19)9-6-10(20-3)12(15)11(7-9)21-4/h6-8H,5H2,1-4H3,(H,16,18)(H,17,19)/t8-/m0/s1. The highest BCUT2D eigenvalue weighted by Crippen LogP contribution is 2.35. The molecule has 2 N–H and O–H groups in total. The first-order valence-electron chi connectivity index (χ1n) is 6.44. The van der Waals surface area contributed by atoms with Crippen LogP contribution in [0.5, 0.6) is 11.5 Å². The van der Waals surface area contributed by atoms with E-state index in [9.17, 15) is 9.59 Å². The second-order valence-corrected chi connectivity index (χ2v) is 5.08. The molecule has 0 fully saturated rings. The smallest absolute Gasteiger partial charge is 0.252 e. The molecule has 0 saturated heterocycles. The molecular formula is C14H19BrN2O4. The van der Waals surface area contributed by atoms with Gasteiger partial charge in [0.05, 0.1) is 14.2 Å². The Morgan fingerprint density at radius 2 is 1.76 bits per heavy atom. The van der Waals surface area contributed by atoms with Crippen LogP contribution in [0.4, 0.5) is 0 Å². The van der Waals surface area contributed by atoms with E-state index in [2.05, 4.69) is 26.6 Å². The molecule has 0 spiro atoms. The Morgan fingerprint density at radius 3 is 2.19 bits per heavy atom. The van der Waals surface area contributed by atoms with E-state index < -0.39 is 6.04 Å². The van der Waals surface area contributed by atoms with Crippen molar-refractivity contribution in [3.05, 3.63) is 22.2 Å². The highest BCUT2D eigenvalue weighted by atomic mass is 79.9. The van der Waals surface area contributed by atoms with Crippen LogP contribution in [0.2, 0.25) is 0 Å². The maximum absolute atomic E-state index is 12.2. The lowest BCUT2D eigenvalue weighted by Gasteiger charge is -2.15. The van der Waals surface area contributed by atoms with E-state index in [0.29, 0.717) is 28.1 Å². The fraction of sp³-hybridized carbons (Fsp3) is 0.429. The van der Waals surface area contributed by atoms with E-state index in [1.165, 1.54) is 14.2 Å². The van der Waals surface area contributed by atoms with Crippen LogP contribution < -0.4 is 20.1 Å². The molecule has 1 atom stereocenters. The van der Waals surface area contributed by atoms with E-state index in [1.807, 2.05) is 6.92 Å².